The molecule has 0 unspecified atom stereocenters. The average Bonchev–Trinajstić information content (AvgIpc) is 3.13. The molecule has 26 heavy (non-hydrogen) atoms. The molecule has 1 heterocycles. The summed E-state index contributed by atoms with van der Waals surface area (Å²) in [5.41, 5.74) is 2.72. The lowest BCUT2D eigenvalue weighted by Gasteiger charge is -2.07. The molecule has 3 aromatic rings. The molecular weight excluding hydrogens is 330 g/mol. The molecular formula is C20H21N3O3. The van der Waals surface area contributed by atoms with Crippen molar-refractivity contribution in [2.75, 3.05) is 12.4 Å². The van der Waals surface area contributed by atoms with E-state index in [0.717, 1.165) is 22.6 Å². The van der Waals surface area contributed by atoms with Gasteiger partial charge in [0.15, 0.2) is 0 Å². The molecule has 6 heteroatoms. The summed E-state index contributed by atoms with van der Waals surface area (Å²) in [6, 6.07) is 15.2. The third-order valence-corrected chi connectivity index (χ3v) is 4.01. The predicted molar refractivity (Wildman–Crippen MR) is 99.0 cm³/mol. The van der Waals surface area contributed by atoms with Crippen molar-refractivity contribution in [1.29, 1.82) is 0 Å². The number of benzene rings is 2. The number of carbonyl (C=O) groups excluding carboxylic acids is 1. The van der Waals surface area contributed by atoms with Crippen LogP contribution in [0.5, 0.6) is 5.75 Å². The highest BCUT2D eigenvalue weighted by molar-refractivity contribution is 5.91. The maximum absolute atomic E-state index is 12.1. The first kappa shape index (κ1) is 17.7. The normalized spacial score (nSPS) is 10.5. The van der Waals surface area contributed by atoms with Gasteiger partial charge < -0.3 is 14.6 Å². The number of methoxy groups -OCH3 is 1. The zero-order valence-electron chi connectivity index (χ0n) is 14.9. The third-order valence-electron chi connectivity index (χ3n) is 4.01. The number of nitrogens with zero attached hydrogens (tertiary/aromatic N) is 2. The Bertz CT molecular complexity index is 889. The Labute approximate surface area is 152 Å². The minimum absolute atomic E-state index is 0.0214. The van der Waals surface area contributed by atoms with Crippen LogP contribution in [-0.4, -0.2) is 23.2 Å². The summed E-state index contributed by atoms with van der Waals surface area (Å²) >= 11 is 0. The molecule has 3 rings (SSSR count). The van der Waals surface area contributed by atoms with Gasteiger partial charge in [0, 0.05) is 24.1 Å². The summed E-state index contributed by atoms with van der Waals surface area (Å²) in [4.78, 5) is 16.4. The number of carbonyl (C=O) groups is 1. The number of nitrogens with one attached hydrogen (secondary N) is 1. The van der Waals surface area contributed by atoms with E-state index in [1.54, 1.807) is 7.11 Å². The number of aryl methyl sites for hydroxylation is 2. The van der Waals surface area contributed by atoms with Gasteiger partial charge in [0.25, 0.3) is 0 Å². The van der Waals surface area contributed by atoms with Gasteiger partial charge in [0.2, 0.25) is 17.6 Å². The molecule has 1 aromatic heterocycles. The molecule has 0 aliphatic rings. The second-order valence-electron chi connectivity index (χ2n) is 5.96. The summed E-state index contributed by atoms with van der Waals surface area (Å²) < 4.78 is 10.5. The molecule has 0 spiro atoms. The van der Waals surface area contributed by atoms with Gasteiger partial charge in [-0.2, -0.15) is 4.98 Å². The van der Waals surface area contributed by atoms with E-state index < -0.39 is 0 Å². The zero-order valence-corrected chi connectivity index (χ0v) is 14.9. The lowest BCUT2D eigenvalue weighted by Crippen LogP contribution is -2.12. The van der Waals surface area contributed by atoms with E-state index in [2.05, 4.69) is 15.5 Å². The number of ether oxygens (including phenoxy) is 1. The Morgan fingerprint density at radius 3 is 2.85 bits per heavy atom. The number of rotatable bonds is 7. The Morgan fingerprint density at radius 1 is 1.19 bits per heavy atom. The van der Waals surface area contributed by atoms with Gasteiger partial charge >= 0.3 is 0 Å². The molecule has 134 valence electrons. The summed E-state index contributed by atoms with van der Waals surface area (Å²) in [7, 11) is 1.61. The first-order valence-corrected chi connectivity index (χ1v) is 8.48. The molecule has 0 atom stereocenters. The molecule has 0 saturated carbocycles. The molecule has 0 radical (unpaired) electrons. The summed E-state index contributed by atoms with van der Waals surface area (Å²) in [5.74, 6) is 1.75. The van der Waals surface area contributed by atoms with E-state index in [1.165, 1.54) is 0 Å². The maximum Gasteiger partial charge on any atom is 0.226 e. The van der Waals surface area contributed by atoms with Gasteiger partial charge in [-0.25, -0.2) is 0 Å². The van der Waals surface area contributed by atoms with Crippen molar-refractivity contribution in [3.8, 4) is 17.1 Å². The fourth-order valence-electron chi connectivity index (χ4n) is 2.56. The molecule has 1 amide bonds. The minimum Gasteiger partial charge on any atom is -0.497 e. The standard InChI is InChI=1S/C20H21N3O3/c1-14-7-3-4-10-17(14)21-18(24)11-6-12-19-22-20(23-26-19)15-8-5-9-16(13-15)25-2/h3-5,7-10,13H,6,11-12H2,1-2H3,(H,21,24). The van der Waals surface area contributed by atoms with Crippen molar-refractivity contribution in [2.45, 2.75) is 26.2 Å². The van der Waals surface area contributed by atoms with Crippen LogP contribution in [-0.2, 0) is 11.2 Å². The van der Waals surface area contributed by atoms with E-state index in [9.17, 15) is 4.79 Å². The Morgan fingerprint density at radius 2 is 2.04 bits per heavy atom. The quantitative estimate of drug-likeness (QED) is 0.696. The van der Waals surface area contributed by atoms with E-state index in [0.29, 0.717) is 31.0 Å². The molecule has 0 bridgehead atoms. The molecule has 0 aliphatic carbocycles. The van der Waals surface area contributed by atoms with Crippen LogP contribution >= 0.6 is 0 Å². The molecule has 0 saturated heterocycles. The summed E-state index contributed by atoms with van der Waals surface area (Å²) in [5, 5.41) is 6.92. The zero-order chi connectivity index (χ0) is 18.4. The highest BCUT2D eigenvalue weighted by atomic mass is 16.5. The first-order chi connectivity index (χ1) is 12.7. The van der Waals surface area contributed by atoms with Gasteiger partial charge in [0.05, 0.1) is 7.11 Å². The molecule has 2 aromatic carbocycles. The van der Waals surface area contributed by atoms with Crippen LogP contribution in [0.2, 0.25) is 0 Å². The largest absolute Gasteiger partial charge is 0.497 e. The second kappa shape index (κ2) is 8.29. The SMILES string of the molecule is COc1cccc(-c2noc(CCCC(=O)Nc3ccccc3C)n2)c1. The van der Waals surface area contributed by atoms with Gasteiger partial charge in [0.1, 0.15) is 5.75 Å². The Kier molecular flexibility index (Phi) is 5.63. The monoisotopic (exact) mass is 351 g/mol. The van der Waals surface area contributed by atoms with Crippen molar-refractivity contribution < 1.29 is 14.1 Å². The van der Waals surface area contributed by atoms with Gasteiger partial charge in [-0.05, 0) is 37.1 Å². The Balaban J connectivity index is 1.52. The number of anilines is 1. The van der Waals surface area contributed by atoms with Gasteiger partial charge in [-0.15, -0.1) is 0 Å². The molecule has 6 nitrogen and oxygen atoms in total. The van der Waals surface area contributed by atoms with Crippen molar-refractivity contribution in [2.24, 2.45) is 0 Å². The molecule has 0 aliphatic heterocycles. The smallest absolute Gasteiger partial charge is 0.226 e. The van der Waals surface area contributed by atoms with E-state index >= 15 is 0 Å². The van der Waals surface area contributed by atoms with Crippen LogP contribution in [0.25, 0.3) is 11.4 Å². The number of para-hydroxylation sites is 1. The lowest BCUT2D eigenvalue weighted by molar-refractivity contribution is -0.116. The number of aromatic nitrogens is 2. The fraction of sp³-hybridized carbons (Fsp3) is 0.250. The van der Waals surface area contributed by atoms with Crippen LogP contribution in [0.4, 0.5) is 5.69 Å². The van der Waals surface area contributed by atoms with Crippen LogP contribution < -0.4 is 10.1 Å². The highest BCUT2D eigenvalue weighted by Crippen LogP contribution is 2.21. The van der Waals surface area contributed by atoms with E-state index in [-0.39, 0.29) is 5.91 Å². The molecule has 1 N–H and O–H groups in total. The Hall–Kier alpha value is -3.15. The summed E-state index contributed by atoms with van der Waals surface area (Å²) in [6.07, 6.45) is 1.58. The second-order valence-corrected chi connectivity index (χ2v) is 5.96. The van der Waals surface area contributed by atoms with Crippen LogP contribution in [0.1, 0.15) is 24.3 Å². The average molecular weight is 351 g/mol. The van der Waals surface area contributed by atoms with E-state index in [1.807, 2.05) is 55.5 Å². The van der Waals surface area contributed by atoms with Crippen LogP contribution in [0.3, 0.4) is 0 Å². The van der Waals surface area contributed by atoms with Crippen LogP contribution in [0.15, 0.2) is 53.1 Å². The minimum atomic E-state index is -0.0214. The van der Waals surface area contributed by atoms with Crippen LogP contribution in [0, 0.1) is 6.92 Å². The van der Waals surface area contributed by atoms with Gasteiger partial charge in [-0.3, -0.25) is 4.79 Å². The third kappa shape index (κ3) is 4.47. The maximum atomic E-state index is 12.1. The number of hydrogen-bond donors (Lipinski definition) is 1. The first-order valence-electron chi connectivity index (χ1n) is 8.48. The topological polar surface area (TPSA) is 77.2 Å². The van der Waals surface area contributed by atoms with Crippen molar-refractivity contribution in [1.82, 2.24) is 10.1 Å². The lowest BCUT2D eigenvalue weighted by atomic mass is 10.2. The van der Waals surface area contributed by atoms with Crippen molar-refractivity contribution in [3.63, 3.8) is 0 Å². The van der Waals surface area contributed by atoms with E-state index in [4.69, 9.17) is 9.26 Å². The van der Waals surface area contributed by atoms with Crippen molar-refractivity contribution >= 4 is 11.6 Å². The fourth-order valence-corrected chi connectivity index (χ4v) is 2.56. The van der Waals surface area contributed by atoms with Crippen molar-refractivity contribution in [3.05, 3.63) is 60.0 Å². The molecule has 0 fully saturated rings. The number of amides is 1. The summed E-state index contributed by atoms with van der Waals surface area (Å²) in [6.45, 7) is 1.97. The van der Waals surface area contributed by atoms with Gasteiger partial charge in [-0.1, -0.05) is 35.5 Å². The highest BCUT2D eigenvalue weighted by Gasteiger charge is 2.11. The number of hydrogen-bond acceptors (Lipinski definition) is 5. The predicted octanol–water partition coefficient (Wildman–Crippen LogP) is 4.02.